The molecule has 2 aromatic heterocycles. The van der Waals surface area contributed by atoms with E-state index in [2.05, 4.69) is 10.6 Å². The van der Waals surface area contributed by atoms with E-state index in [0.717, 1.165) is 56.1 Å². The average molecular weight is 983 g/mol. The van der Waals surface area contributed by atoms with Crippen molar-refractivity contribution in [3.05, 3.63) is 235 Å². The standard InChI is InChI=1S/C59H42N4O7S2/c1-39-11-31-49(32-12-39)71(65,66)51-35-27-47(28-36-51)69-45-23-17-40(18-24-45)57(64)41-19-25-46(26-20-41)70-48-29-37-52(38-30-48)72(67,68)50-33-21-44(22-34-50)63-56-10-6-4-8-54(56)61-59(63)43-15-13-42(14-16-43)58-60-53-7-3-5-9-55(53)62(58)2/h3-38H,1-2H3. The molecule has 72 heavy (non-hydrogen) atoms. The maximum Gasteiger partial charge on any atom is 0.206 e. The summed E-state index contributed by atoms with van der Waals surface area (Å²) in [7, 11) is -5.55. The van der Waals surface area contributed by atoms with E-state index in [1.807, 2.05) is 85.3 Å². The number of nitrogens with zero attached hydrogens (tertiary/aromatic N) is 4. The predicted octanol–water partition coefficient (Wildman–Crippen LogP) is 13.0. The van der Waals surface area contributed by atoms with E-state index in [9.17, 15) is 21.6 Å². The van der Waals surface area contributed by atoms with Gasteiger partial charge in [-0.15, -0.1) is 0 Å². The predicted molar refractivity (Wildman–Crippen MR) is 278 cm³/mol. The van der Waals surface area contributed by atoms with E-state index in [-0.39, 0.29) is 25.4 Å². The molecule has 0 saturated heterocycles. The second-order valence-electron chi connectivity index (χ2n) is 17.2. The third-order valence-electron chi connectivity index (χ3n) is 12.5. The number of para-hydroxylation sites is 4. The molecule has 11 rings (SSSR count). The number of aromatic nitrogens is 4. The summed E-state index contributed by atoms with van der Waals surface area (Å²) < 4.78 is 70.0. The van der Waals surface area contributed by atoms with Crippen LogP contribution in [0.4, 0.5) is 0 Å². The van der Waals surface area contributed by atoms with Crippen molar-refractivity contribution in [1.29, 1.82) is 0 Å². The van der Waals surface area contributed by atoms with Crippen LogP contribution in [0.1, 0.15) is 21.5 Å². The van der Waals surface area contributed by atoms with Gasteiger partial charge in [-0.25, -0.2) is 26.8 Å². The zero-order valence-corrected chi connectivity index (χ0v) is 40.4. The van der Waals surface area contributed by atoms with Gasteiger partial charge in [-0.1, -0.05) is 66.2 Å². The van der Waals surface area contributed by atoms with Crippen molar-refractivity contribution >= 4 is 47.5 Å². The molecule has 11 nitrogen and oxygen atoms in total. The van der Waals surface area contributed by atoms with Crippen molar-refractivity contribution < 1.29 is 31.1 Å². The molecule has 0 aliphatic carbocycles. The molecular weight excluding hydrogens is 941 g/mol. The second kappa shape index (κ2) is 18.4. The molecule has 0 N–H and O–H groups in total. The lowest BCUT2D eigenvalue weighted by Crippen LogP contribution is -2.03. The minimum atomic E-state index is -3.89. The Kier molecular flexibility index (Phi) is 11.7. The molecular formula is C59H42N4O7S2. The molecule has 0 aliphatic rings. The first-order valence-electron chi connectivity index (χ1n) is 22.9. The number of hydrogen-bond acceptors (Lipinski definition) is 9. The van der Waals surface area contributed by atoms with Crippen LogP contribution in [0.3, 0.4) is 0 Å². The monoisotopic (exact) mass is 982 g/mol. The number of imidazole rings is 2. The summed E-state index contributed by atoms with van der Waals surface area (Å²) in [5, 5.41) is 0. The summed E-state index contributed by atoms with van der Waals surface area (Å²) in [5.41, 5.74) is 8.16. The normalized spacial score (nSPS) is 11.8. The zero-order chi connectivity index (χ0) is 49.6. The van der Waals surface area contributed by atoms with E-state index in [4.69, 9.17) is 19.4 Å². The SMILES string of the molecule is Cc1ccc(S(=O)(=O)c2ccc(Oc3ccc(C(=O)c4ccc(Oc5ccc(S(=O)(=O)c6ccc(-n7c(-c8ccc(-c9nc%10ccccc%10n9C)cc8)nc8ccccc87)cc6)cc5)cc4)cc3)cc2)cc1. The highest BCUT2D eigenvalue weighted by molar-refractivity contribution is 7.91. The maximum absolute atomic E-state index is 13.9. The molecule has 0 spiro atoms. The van der Waals surface area contributed by atoms with Gasteiger partial charge in [0, 0.05) is 35.0 Å². The lowest BCUT2D eigenvalue weighted by Gasteiger charge is -2.12. The second-order valence-corrected chi connectivity index (χ2v) is 21.1. The van der Waals surface area contributed by atoms with Crippen molar-refractivity contribution in [3.63, 3.8) is 0 Å². The van der Waals surface area contributed by atoms with E-state index in [0.29, 0.717) is 34.1 Å². The van der Waals surface area contributed by atoms with Crippen LogP contribution in [0.5, 0.6) is 23.0 Å². The molecule has 0 bridgehead atoms. The number of carbonyl (C=O) groups excluding carboxylic acids is 1. The third-order valence-corrected chi connectivity index (χ3v) is 16.0. The summed E-state index contributed by atoms with van der Waals surface area (Å²) in [4.78, 5) is 23.9. The number of ether oxygens (including phenoxy) is 2. The maximum atomic E-state index is 13.9. The Labute approximate surface area is 415 Å². The summed E-state index contributed by atoms with van der Waals surface area (Å²) in [6.07, 6.45) is 0. The molecule has 0 saturated carbocycles. The minimum Gasteiger partial charge on any atom is -0.457 e. The number of aryl methyl sites for hydroxylation is 2. The van der Waals surface area contributed by atoms with Crippen molar-refractivity contribution in [2.75, 3.05) is 0 Å². The van der Waals surface area contributed by atoms with Crippen LogP contribution >= 0.6 is 0 Å². The number of sulfone groups is 2. The smallest absolute Gasteiger partial charge is 0.206 e. The molecule has 352 valence electrons. The van der Waals surface area contributed by atoms with Crippen molar-refractivity contribution in [2.45, 2.75) is 26.5 Å². The lowest BCUT2D eigenvalue weighted by atomic mass is 10.0. The number of carbonyl (C=O) groups is 1. The van der Waals surface area contributed by atoms with Crippen LogP contribution in [-0.4, -0.2) is 41.7 Å². The van der Waals surface area contributed by atoms with Crippen LogP contribution in [0.2, 0.25) is 0 Å². The topological polar surface area (TPSA) is 139 Å². The fraction of sp³-hybridized carbons (Fsp3) is 0.0339. The van der Waals surface area contributed by atoms with Crippen molar-refractivity contribution in [1.82, 2.24) is 19.1 Å². The molecule has 0 aliphatic heterocycles. The first-order chi connectivity index (χ1) is 34.9. The fourth-order valence-corrected chi connectivity index (χ4v) is 11.1. The summed E-state index contributed by atoms with van der Waals surface area (Å²) >= 11 is 0. The van der Waals surface area contributed by atoms with E-state index in [1.54, 1.807) is 121 Å². The van der Waals surface area contributed by atoms with Crippen LogP contribution in [0.15, 0.2) is 238 Å². The van der Waals surface area contributed by atoms with Crippen LogP contribution in [0.25, 0.3) is 50.5 Å². The first-order valence-corrected chi connectivity index (χ1v) is 25.8. The van der Waals surface area contributed by atoms with Crippen LogP contribution in [0, 0.1) is 6.92 Å². The van der Waals surface area contributed by atoms with E-state index in [1.165, 1.54) is 24.3 Å². The van der Waals surface area contributed by atoms with Gasteiger partial charge in [0.05, 0.1) is 41.6 Å². The van der Waals surface area contributed by atoms with Crippen LogP contribution < -0.4 is 9.47 Å². The van der Waals surface area contributed by atoms with Gasteiger partial charge in [-0.2, -0.15) is 0 Å². The first kappa shape index (κ1) is 45.5. The fourth-order valence-electron chi connectivity index (χ4n) is 8.58. The Balaban J connectivity index is 0.735. The lowest BCUT2D eigenvalue weighted by molar-refractivity contribution is 0.103. The summed E-state index contributed by atoms with van der Waals surface area (Å²) in [6.45, 7) is 1.90. The number of benzene rings is 9. The Morgan fingerprint density at radius 2 is 0.778 bits per heavy atom. The molecule has 0 amide bonds. The molecule has 0 unspecified atom stereocenters. The molecule has 0 atom stereocenters. The van der Waals surface area contributed by atoms with E-state index >= 15 is 0 Å². The Bertz CT molecular complexity index is 4040. The minimum absolute atomic E-state index is 0.108. The summed E-state index contributed by atoms with van der Waals surface area (Å²) in [6, 6.07) is 63.3. The number of ketones is 1. The van der Waals surface area contributed by atoms with Gasteiger partial charge in [-0.05, 0) is 165 Å². The summed E-state index contributed by atoms with van der Waals surface area (Å²) in [5.74, 6) is 3.17. The van der Waals surface area contributed by atoms with Gasteiger partial charge in [0.2, 0.25) is 19.7 Å². The number of hydrogen-bond donors (Lipinski definition) is 0. The Morgan fingerprint density at radius 1 is 0.417 bits per heavy atom. The largest absolute Gasteiger partial charge is 0.457 e. The molecule has 2 heterocycles. The zero-order valence-electron chi connectivity index (χ0n) is 38.7. The highest BCUT2D eigenvalue weighted by atomic mass is 32.2. The highest BCUT2D eigenvalue weighted by Gasteiger charge is 2.21. The average Bonchev–Trinajstić information content (AvgIpc) is 3.97. The van der Waals surface area contributed by atoms with Gasteiger partial charge < -0.3 is 14.0 Å². The molecule has 0 fully saturated rings. The van der Waals surface area contributed by atoms with Gasteiger partial charge in [0.15, 0.2) is 5.78 Å². The quantitative estimate of drug-likeness (QED) is 0.103. The van der Waals surface area contributed by atoms with Crippen LogP contribution in [-0.2, 0) is 26.7 Å². The van der Waals surface area contributed by atoms with Crippen molar-refractivity contribution in [3.8, 4) is 51.5 Å². The van der Waals surface area contributed by atoms with Gasteiger partial charge >= 0.3 is 0 Å². The Morgan fingerprint density at radius 3 is 1.24 bits per heavy atom. The number of fused-ring (bicyclic) bond motifs is 2. The van der Waals surface area contributed by atoms with Crippen molar-refractivity contribution in [2.24, 2.45) is 7.05 Å². The van der Waals surface area contributed by atoms with Gasteiger partial charge in [-0.3, -0.25) is 9.36 Å². The van der Waals surface area contributed by atoms with Gasteiger partial charge in [0.25, 0.3) is 0 Å². The molecule has 0 radical (unpaired) electrons. The highest BCUT2D eigenvalue weighted by Crippen LogP contribution is 2.34. The molecule has 9 aromatic carbocycles. The molecule has 11 aromatic rings. The van der Waals surface area contributed by atoms with Gasteiger partial charge in [0.1, 0.15) is 34.6 Å². The molecule has 13 heteroatoms. The van der Waals surface area contributed by atoms with E-state index < -0.39 is 19.7 Å². The third kappa shape index (κ3) is 8.72. The Hall–Kier alpha value is -8.91. The number of rotatable bonds is 13.